The Kier molecular flexibility index (Phi) is 5.63. The van der Waals surface area contributed by atoms with Gasteiger partial charge in [-0.25, -0.2) is 0 Å². The van der Waals surface area contributed by atoms with Gasteiger partial charge in [0.1, 0.15) is 0 Å². The lowest BCUT2D eigenvalue weighted by atomic mass is 10.2. The molecule has 0 fully saturated rings. The van der Waals surface area contributed by atoms with E-state index in [0.29, 0.717) is 12.0 Å². The third-order valence-electron chi connectivity index (χ3n) is 2.16. The molecule has 5 nitrogen and oxygen atoms in total. The number of halogens is 1. The first kappa shape index (κ1) is 15.8. The highest BCUT2D eigenvalue weighted by Crippen LogP contribution is 2.24. The number of nitrogens with zero attached hydrogens (tertiary/aromatic N) is 1. The zero-order valence-electron chi connectivity index (χ0n) is 10.6. The number of nitrogens with one attached hydrogen (secondary N) is 1. The van der Waals surface area contributed by atoms with Gasteiger partial charge < -0.3 is 5.11 Å². The highest BCUT2D eigenvalue weighted by atomic mass is 35.5. The second-order valence-electron chi connectivity index (χ2n) is 3.86. The summed E-state index contributed by atoms with van der Waals surface area (Å²) in [6.45, 7) is -0.0132. The SMILES string of the molecule is CN(C)S(=O)(=O)Nc1cc(C#CCCO)ccc1Cl. The van der Waals surface area contributed by atoms with Gasteiger partial charge in [0.05, 0.1) is 17.3 Å². The summed E-state index contributed by atoms with van der Waals surface area (Å²) in [6.07, 6.45) is 0.362. The second-order valence-corrected chi connectivity index (χ2v) is 6.15. The van der Waals surface area contributed by atoms with Crippen molar-refractivity contribution in [1.82, 2.24) is 4.31 Å². The molecule has 7 heteroatoms. The van der Waals surface area contributed by atoms with Gasteiger partial charge in [-0.2, -0.15) is 12.7 Å². The Balaban J connectivity index is 3.03. The Bertz CT molecular complexity index is 603. The molecule has 104 valence electrons. The molecule has 2 N–H and O–H groups in total. The number of aliphatic hydroxyl groups is 1. The number of hydrogen-bond acceptors (Lipinski definition) is 3. The minimum Gasteiger partial charge on any atom is -0.395 e. The van der Waals surface area contributed by atoms with Gasteiger partial charge in [-0.1, -0.05) is 23.4 Å². The third kappa shape index (κ3) is 4.73. The van der Waals surface area contributed by atoms with E-state index in [1.165, 1.54) is 14.1 Å². The number of anilines is 1. The van der Waals surface area contributed by atoms with Crippen LogP contribution in [0.4, 0.5) is 5.69 Å². The van der Waals surface area contributed by atoms with E-state index in [2.05, 4.69) is 16.6 Å². The van der Waals surface area contributed by atoms with Crippen molar-refractivity contribution in [2.24, 2.45) is 0 Å². The van der Waals surface area contributed by atoms with Gasteiger partial charge in [0.2, 0.25) is 0 Å². The lowest BCUT2D eigenvalue weighted by Gasteiger charge is -2.14. The van der Waals surface area contributed by atoms with Crippen molar-refractivity contribution in [3.05, 3.63) is 28.8 Å². The van der Waals surface area contributed by atoms with Crippen molar-refractivity contribution in [3.63, 3.8) is 0 Å². The van der Waals surface area contributed by atoms with E-state index in [9.17, 15) is 8.42 Å². The third-order valence-corrected chi connectivity index (χ3v) is 3.92. The summed E-state index contributed by atoms with van der Waals surface area (Å²) in [7, 11) is -0.769. The molecule has 19 heavy (non-hydrogen) atoms. The Morgan fingerprint density at radius 1 is 1.42 bits per heavy atom. The van der Waals surface area contributed by atoms with E-state index in [-0.39, 0.29) is 17.3 Å². The van der Waals surface area contributed by atoms with Crippen molar-refractivity contribution in [1.29, 1.82) is 0 Å². The van der Waals surface area contributed by atoms with Gasteiger partial charge in [-0.05, 0) is 18.2 Å². The fourth-order valence-corrected chi connectivity index (χ4v) is 1.98. The Labute approximate surface area is 118 Å². The molecule has 0 radical (unpaired) electrons. The summed E-state index contributed by atoms with van der Waals surface area (Å²) < 4.78 is 26.8. The van der Waals surface area contributed by atoms with Crippen LogP contribution in [0.2, 0.25) is 5.02 Å². The molecule has 0 aliphatic heterocycles. The van der Waals surface area contributed by atoms with Gasteiger partial charge >= 0.3 is 10.2 Å². The molecule has 0 aromatic heterocycles. The van der Waals surface area contributed by atoms with E-state index < -0.39 is 10.2 Å². The Morgan fingerprint density at radius 2 is 2.11 bits per heavy atom. The second kappa shape index (κ2) is 6.78. The predicted octanol–water partition coefficient (Wildman–Crippen LogP) is 1.29. The molecule has 0 aliphatic carbocycles. The number of rotatable bonds is 4. The maximum Gasteiger partial charge on any atom is 0.301 e. The van der Waals surface area contributed by atoms with E-state index in [0.717, 1.165) is 4.31 Å². The molecule has 1 rings (SSSR count). The molecule has 0 saturated carbocycles. The zero-order chi connectivity index (χ0) is 14.5. The van der Waals surface area contributed by atoms with Gasteiger partial charge in [0.15, 0.2) is 0 Å². The minimum atomic E-state index is -3.60. The molecule has 0 spiro atoms. The number of aliphatic hydroxyl groups excluding tert-OH is 1. The van der Waals surface area contributed by atoms with Gasteiger partial charge in [0, 0.05) is 26.1 Å². The van der Waals surface area contributed by atoms with Crippen molar-refractivity contribution >= 4 is 27.5 Å². The normalized spacial score (nSPS) is 11.0. The van der Waals surface area contributed by atoms with Crippen molar-refractivity contribution in [3.8, 4) is 11.8 Å². The van der Waals surface area contributed by atoms with E-state index in [4.69, 9.17) is 16.7 Å². The van der Waals surface area contributed by atoms with Crippen LogP contribution in [0.1, 0.15) is 12.0 Å². The lowest BCUT2D eigenvalue weighted by molar-refractivity contribution is 0.305. The van der Waals surface area contributed by atoms with Crippen LogP contribution in [0.3, 0.4) is 0 Å². The van der Waals surface area contributed by atoms with Crippen LogP contribution in [0.25, 0.3) is 0 Å². The Morgan fingerprint density at radius 3 is 2.68 bits per heavy atom. The van der Waals surface area contributed by atoms with Crippen LogP contribution >= 0.6 is 11.6 Å². The fourth-order valence-electron chi connectivity index (χ4n) is 1.13. The van der Waals surface area contributed by atoms with E-state index >= 15 is 0 Å². The quantitative estimate of drug-likeness (QED) is 0.824. The smallest absolute Gasteiger partial charge is 0.301 e. The summed E-state index contributed by atoms with van der Waals surface area (Å²) in [6, 6.07) is 4.80. The Hall–Kier alpha value is -1.26. The van der Waals surface area contributed by atoms with Gasteiger partial charge in [-0.15, -0.1) is 0 Å². The van der Waals surface area contributed by atoms with Crippen LogP contribution in [-0.4, -0.2) is 38.5 Å². The number of hydrogen-bond donors (Lipinski definition) is 2. The molecule has 0 atom stereocenters. The van der Waals surface area contributed by atoms with Crippen LogP contribution < -0.4 is 4.72 Å². The molecule has 0 saturated heterocycles. The molecule has 1 aromatic carbocycles. The molecule has 0 heterocycles. The average molecular weight is 303 g/mol. The molecule has 0 bridgehead atoms. The van der Waals surface area contributed by atoms with Crippen molar-refractivity contribution in [2.75, 3.05) is 25.4 Å². The highest BCUT2D eigenvalue weighted by Gasteiger charge is 2.14. The standard InChI is InChI=1S/C12H15ClN2O3S/c1-15(2)19(17,18)14-12-9-10(5-3-4-8-16)6-7-11(12)13/h6-7,9,14,16H,4,8H2,1-2H3. The predicted molar refractivity (Wildman–Crippen MR) is 76.3 cm³/mol. The monoisotopic (exact) mass is 302 g/mol. The maximum atomic E-state index is 11.7. The highest BCUT2D eigenvalue weighted by molar-refractivity contribution is 7.90. The molecular weight excluding hydrogens is 288 g/mol. The minimum absolute atomic E-state index is 0.0132. The number of benzene rings is 1. The summed E-state index contributed by atoms with van der Waals surface area (Å²) >= 11 is 5.93. The summed E-state index contributed by atoms with van der Waals surface area (Å²) in [4.78, 5) is 0. The fraction of sp³-hybridized carbons (Fsp3) is 0.333. The van der Waals surface area contributed by atoms with Crippen LogP contribution in [-0.2, 0) is 10.2 Å². The van der Waals surface area contributed by atoms with Crippen LogP contribution in [0, 0.1) is 11.8 Å². The molecule has 1 aromatic rings. The summed E-state index contributed by atoms with van der Waals surface area (Å²) in [5.74, 6) is 5.56. The summed E-state index contributed by atoms with van der Waals surface area (Å²) in [5, 5.41) is 8.93. The topological polar surface area (TPSA) is 69.6 Å². The van der Waals surface area contributed by atoms with Crippen molar-refractivity contribution < 1.29 is 13.5 Å². The van der Waals surface area contributed by atoms with E-state index in [1.54, 1.807) is 18.2 Å². The van der Waals surface area contributed by atoms with Crippen LogP contribution in [0.15, 0.2) is 18.2 Å². The van der Waals surface area contributed by atoms with Gasteiger partial charge in [0.25, 0.3) is 0 Å². The molecule has 0 amide bonds. The zero-order valence-corrected chi connectivity index (χ0v) is 12.2. The van der Waals surface area contributed by atoms with E-state index in [1.807, 2.05) is 0 Å². The lowest BCUT2D eigenvalue weighted by Crippen LogP contribution is -2.29. The van der Waals surface area contributed by atoms with Crippen LogP contribution in [0.5, 0.6) is 0 Å². The van der Waals surface area contributed by atoms with Crippen molar-refractivity contribution in [2.45, 2.75) is 6.42 Å². The molecule has 0 aliphatic rings. The average Bonchev–Trinajstić information content (AvgIpc) is 2.33. The largest absolute Gasteiger partial charge is 0.395 e. The first-order valence-corrected chi connectivity index (χ1v) is 7.28. The molecule has 0 unspecified atom stereocenters. The maximum absolute atomic E-state index is 11.7. The summed E-state index contributed by atoms with van der Waals surface area (Å²) in [5.41, 5.74) is 0.889. The van der Waals surface area contributed by atoms with Gasteiger partial charge in [-0.3, -0.25) is 4.72 Å². The first-order chi connectivity index (χ1) is 8.86. The molecular formula is C12H15ClN2O3S. The first-order valence-electron chi connectivity index (χ1n) is 5.46.